The second-order valence-corrected chi connectivity index (χ2v) is 7.41. The molecule has 0 radical (unpaired) electrons. The van der Waals surface area contributed by atoms with Crippen molar-refractivity contribution in [3.05, 3.63) is 35.9 Å². The number of benzene rings is 1. The minimum atomic E-state index is 0.229. The van der Waals surface area contributed by atoms with Crippen LogP contribution >= 0.6 is 0 Å². The van der Waals surface area contributed by atoms with E-state index in [2.05, 4.69) is 61.3 Å². The van der Waals surface area contributed by atoms with Crippen LogP contribution < -0.4 is 5.32 Å². The van der Waals surface area contributed by atoms with E-state index < -0.39 is 0 Å². The number of aryl methyl sites for hydroxylation is 1. The molecule has 2 heteroatoms. The van der Waals surface area contributed by atoms with Gasteiger partial charge < -0.3 is 5.32 Å². The summed E-state index contributed by atoms with van der Waals surface area (Å²) in [6.45, 7) is 10.4. The van der Waals surface area contributed by atoms with Gasteiger partial charge in [0.15, 0.2) is 0 Å². The van der Waals surface area contributed by atoms with Crippen molar-refractivity contribution in [2.75, 3.05) is 19.6 Å². The summed E-state index contributed by atoms with van der Waals surface area (Å²) in [5.41, 5.74) is 1.70. The van der Waals surface area contributed by atoms with Gasteiger partial charge in [-0.3, -0.25) is 4.90 Å². The first-order valence-corrected chi connectivity index (χ1v) is 8.57. The number of likely N-dealkylation sites (tertiary alicyclic amines) is 1. The molecule has 1 fully saturated rings. The summed E-state index contributed by atoms with van der Waals surface area (Å²) in [5.74, 6) is 0. The fourth-order valence-corrected chi connectivity index (χ4v) is 3.14. The number of hydrogen-bond donors (Lipinski definition) is 1. The van der Waals surface area contributed by atoms with E-state index in [1.807, 2.05) is 0 Å². The molecule has 1 saturated heterocycles. The van der Waals surface area contributed by atoms with Crippen LogP contribution in [0, 0.1) is 0 Å². The van der Waals surface area contributed by atoms with Crippen molar-refractivity contribution in [1.82, 2.24) is 10.2 Å². The molecule has 1 aromatic carbocycles. The Morgan fingerprint density at radius 2 is 1.90 bits per heavy atom. The highest BCUT2D eigenvalue weighted by atomic mass is 15.2. The Morgan fingerprint density at radius 3 is 2.62 bits per heavy atom. The molecule has 1 atom stereocenters. The average molecular weight is 288 g/mol. The first-order valence-electron chi connectivity index (χ1n) is 8.57. The van der Waals surface area contributed by atoms with Crippen molar-refractivity contribution in [1.29, 1.82) is 0 Å². The quantitative estimate of drug-likeness (QED) is 0.855. The molecule has 1 aliphatic rings. The summed E-state index contributed by atoms with van der Waals surface area (Å²) >= 11 is 0. The zero-order valence-electron chi connectivity index (χ0n) is 14.1. The second kappa shape index (κ2) is 7.95. The van der Waals surface area contributed by atoms with Gasteiger partial charge >= 0.3 is 0 Å². The van der Waals surface area contributed by atoms with E-state index in [-0.39, 0.29) is 5.54 Å². The van der Waals surface area contributed by atoms with Gasteiger partial charge in [0.1, 0.15) is 0 Å². The van der Waals surface area contributed by atoms with Crippen molar-refractivity contribution in [2.24, 2.45) is 0 Å². The fraction of sp³-hybridized carbons (Fsp3) is 0.684. The maximum atomic E-state index is 3.69. The summed E-state index contributed by atoms with van der Waals surface area (Å²) in [6.07, 6.45) is 6.60. The molecule has 1 aromatic rings. The van der Waals surface area contributed by atoms with Crippen LogP contribution in [0.5, 0.6) is 0 Å². The maximum Gasteiger partial charge on any atom is 0.0220 e. The molecule has 21 heavy (non-hydrogen) atoms. The van der Waals surface area contributed by atoms with E-state index in [4.69, 9.17) is 0 Å². The van der Waals surface area contributed by atoms with Crippen LogP contribution in [0.15, 0.2) is 30.3 Å². The lowest BCUT2D eigenvalue weighted by atomic mass is 9.99. The van der Waals surface area contributed by atoms with Crippen LogP contribution in [-0.2, 0) is 6.42 Å². The van der Waals surface area contributed by atoms with Gasteiger partial charge in [0.05, 0.1) is 0 Å². The molecule has 1 heterocycles. The lowest BCUT2D eigenvalue weighted by Gasteiger charge is -2.37. The van der Waals surface area contributed by atoms with Gasteiger partial charge in [-0.2, -0.15) is 0 Å². The van der Waals surface area contributed by atoms with Crippen LogP contribution in [-0.4, -0.2) is 36.1 Å². The molecular formula is C19H32N2. The third-order valence-electron chi connectivity index (χ3n) is 4.37. The Hall–Kier alpha value is -0.860. The monoisotopic (exact) mass is 288 g/mol. The molecular weight excluding hydrogens is 256 g/mol. The van der Waals surface area contributed by atoms with Gasteiger partial charge in [-0.05, 0) is 65.1 Å². The summed E-state index contributed by atoms with van der Waals surface area (Å²) in [4.78, 5) is 2.71. The Kier molecular flexibility index (Phi) is 6.25. The minimum absolute atomic E-state index is 0.229. The van der Waals surface area contributed by atoms with Crippen molar-refractivity contribution in [3.63, 3.8) is 0 Å². The molecule has 0 aliphatic carbocycles. The fourth-order valence-electron chi connectivity index (χ4n) is 3.14. The number of piperidine rings is 1. The highest BCUT2D eigenvalue weighted by Crippen LogP contribution is 2.18. The van der Waals surface area contributed by atoms with Gasteiger partial charge in [-0.1, -0.05) is 36.8 Å². The largest absolute Gasteiger partial charge is 0.311 e. The molecule has 1 N–H and O–H groups in total. The number of hydrogen-bond acceptors (Lipinski definition) is 2. The topological polar surface area (TPSA) is 15.3 Å². The average Bonchev–Trinajstić information content (AvgIpc) is 2.46. The first kappa shape index (κ1) is 16.5. The van der Waals surface area contributed by atoms with Gasteiger partial charge in [0, 0.05) is 18.1 Å². The summed E-state index contributed by atoms with van der Waals surface area (Å²) in [7, 11) is 0. The van der Waals surface area contributed by atoms with Crippen LogP contribution in [0.25, 0.3) is 0 Å². The van der Waals surface area contributed by atoms with Crippen LogP contribution in [0.4, 0.5) is 0 Å². The third kappa shape index (κ3) is 6.19. The van der Waals surface area contributed by atoms with Gasteiger partial charge in [0.2, 0.25) is 0 Å². The molecule has 118 valence electrons. The molecule has 0 spiro atoms. The summed E-state index contributed by atoms with van der Waals surface area (Å²) < 4.78 is 0. The number of nitrogens with one attached hydrogen (secondary N) is 1. The Labute approximate surface area is 130 Å². The Balaban J connectivity index is 1.76. The van der Waals surface area contributed by atoms with Crippen molar-refractivity contribution < 1.29 is 0 Å². The summed E-state index contributed by atoms with van der Waals surface area (Å²) in [6, 6.07) is 11.6. The van der Waals surface area contributed by atoms with Crippen LogP contribution in [0.2, 0.25) is 0 Å². The molecule has 2 rings (SSSR count). The molecule has 2 nitrogen and oxygen atoms in total. The zero-order chi connectivity index (χ0) is 15.1. The van der Waals surface area contributed by atoms with E-state index in [0.717, 1.165) is 12.6 Å². The predicted molar refractivity (Wildman–Crippen MR) is 91.7 cm³/mol. The summed E-state index contributed by atoms with van der Waals surface area (Å²) in [5, 5.41) is 3.69. The SMILES string of the molecule is CC(C)(C)NCC1CCCCN1CCCc1ccccc1. The highest BCUT2D eigenvalue weighted by Gasteiger charge is 2.23. The smallest absolute Gasteiger partial charge is 0.0220 e. The van der Waals surface area contributed by atoms with Crippen molar-refractivity contribution in [3.8, 4) is 0 Å². The standard InChI is InChI=1S/C19H32N2/c1-19(2,3)20-16-18-13-7-8-14-21(18)15-9-12-17-10-5-4-6-11-17/h4-6,10-11,18,20H,7-9,12-16H2,1-3H3. The molecule has 1 unspecified atom stereocenters. The van der Waals surface area contributed by atoms with E-state index >= 15 is 0 Å². The predicted octanol–water partition coefficient (Wildman–Crippen LogP) is 3.86. The third-order valence-corrected chi connectivity index (χ3v) is 4.37. The molecule has 0 amide bonds. The zero-order valence-corrected chi connectivity index (χ0v) is 14.1. The van der Waals surface area contributed by atoms with E-state index in [1.165, 1.54) is 50.8 Å². The lowest BCUT2D eigenvalue weighted by molar-refractivity contribution is 0.137. The van der Waals surface area contributed by atoms with Gasteiger partial charge in [0.25, 0.3) is 0 Å². The maximum absolute atomic E-state index is 3.69. The molecule has 1 aliphatic heterocycles. The minimum Gasteiger partial charge on any atom is -0.311 e. The van der Waals surface area contributed by atoms with E-state index in [9.17, 15) is 0 Å². The van der Waals surface area contributed by atoms with Crippen LogP contribution in [0.1, 0.15) is 52.0 Å². The first-order chi connectivity index (χ1) is 10.0. The van der Waals surface area contributed by atoms with Crippen molar-refractivity contribution >= 4 is 0 Å². The Bertz CT molecular complexity index is 394. The lowest BCUT2D eigenvalue weighted by Crippen LogP contribution is -2.49. The van der Waals surface area contributed by atoms with Gasteiger partial charge in [-0.25, -0.2) is 0 Å². The van der Waals surface area contributed by atoms with E-state index in [0.29, 0.717) is 0 Å². The highest BCUT2D eigenvalue weighted by molar-refractivity contribution is 5.14. The van der Waals surface area contributed by atoms with E-state index in [1.54, 1.807) is 0 Å². The molecule has 0 bridgehead atoms. The second-order valence-electron chi connectivity index (χ2n) is 7.41. The number of nitrogens with zero attached hydrogens (tertiary/aromatic N) is 1. The van der Waals surface area contributed by atoms with Crippen molar-refractivity contribution in [2.45, 2.75) is 64.5 Å². The normalized spacial score (nSPS) is 20.6. The van der Waals surface area contributed by atoms with Crippen LogP contribution in [0.3, 0.4) is 0 Å². The van der Waals surface area contributed by atoms with Gasteiger partial charge in [-0.15, -0.1) is 0 Å². The number of rotatable bonds is 6. The Morgan fingerprint density at radius 1 is 1.14 bits per heavy atom. The molecule has 0 saturated carbocycles. The molecule has 0 aromatic heterocycles.